The number of benzene rings is 1. The van der Waals surface area contributed by atoms with Crippen molar-refractivity contribution in [1.29, 1.82) is 0 Å². The van der Waals surface area contributed by atoms with Gasteiger partial charge in [-0.05, 0) is 12.1 Å². The molecule has 0 bridgehead atoms. The Morgan fingerprint density at radius 3 is 2.88 bits per heavy atom. The minimum atomic E-state index is -0.345. The quantitative estimate of drug-likeness (QED) is 0.941. The molecule has 0 radical (unpaired) electrons. The smallest absolute Gasteiger partial charge is 0.205 e. The molecular weight excluding hydrogens is 309 g/mol. The highest BCUT2D eigenvalue weighted by Crippen LogP contribution is 2.22. The largest absolute Gasteiger partial charge is 0.486 e. The van der Waals surface area contributed by atoms with Gasteiger partial charge in [-0.25, -0.2) is 4.39 Å². The number of nitrogens with one attached hydrogen (secondary N) is 1. The molecule has 1 aromatic carbocycles. The average Bonchev–Trinajstić information content (AvgIpc) is 2.73. The van der Waals surface area contributed by atoms with Crippen LogP contribution in [0.1, 0.15) is 5.01 Å². The van der Waals surface area contributed by atoms with Crippen LogP contribution in [0.2, 0.25) is 0 Å². The molecule has 0 aliphatic heterocycles. The summed E-state index contributed by atoms with van der Waals surface area (Å²) in [6, 6.07) is 4.39. The molecule has 2 aromatic rings. The first-order valence-electron chi connectivity index (χ1n) is 4.76. The van der Waals surface area contributed by atoms with Gasteiger partial charge in [-0.1, -0.05) is 27.3 Å². The first-order valence-corrected chi connectivity index (χ1v) is 6.37. The summed E-state index contributed by atoms with van der Waals surface area (Å²) in [6.07, 6.45) is 0. The molecule has 0 unspecified atom stereocenters. The van der Waals surface area contributed by atoms with Crippen molar-refractivity contribution in [2.24, 2.45) is 0 Å². The van der Waals surface area contributed by atoms with E-state index >= 15 is 0 Å². The van der Waals surface area contributed by atoms with E-state index in [4.69, 9.17) is 4.74 Å². The molecule has 0 spiro atoms. The third-order valence-electron chi connectivity index (χ3n) is 1.88. The number of hydrogen-bond donors (Lipinski definition) is 1. The van der Waals surface area contributed by atoms with E-state index in [1.165, 1.54) is 23.5 Å². The topological polar surface area (TPSA) is 47.0 Å². The number of hydrogen-bond acceptors (Lipinski definition) is 5. The van der Waals surface area contributed by atoms with Crippen LogP contribution in [0.4, 0.5) is 9.52 Å². The minimum Gasteiger partial charge on any atom is -0.486 e. The summed E-state index contributed by atoms with van der Waals surface area (Å²) in [4.78, 5) is 0. The third-order valence-corrected chi connectivity index (χ3v) is 3.25. The van der Waals surface area contributed by atoms with Crippen molar-refractivity contribution in [3.63, 3.8) is 0 Å². The number of anilines is 1. The van der Waals surface area contributed by atoms with Crippen molar-refractivity contribution in [3.8, 4) is 5.75 Å². The van der Waals surface area contributed by atoms with Crippen molar-refractivity contribution in [2.45, 2.75) is 6.61 Å². The Kier molecular flexibility index (Phi) is 3.90. The van der Waals surface area contributed by atoms with Crippen LogP contribution in [-0.2, 0) is 6.61 Å². The third kappa shape index (κ3) is 3.37. The van der Waals surface area contributed by atoms with E-state index < -0.39 is 0 Å². The first kappa shape index (κ1) is 12.3. The van der Waals surface area contributed by atoms with Crippen molar-refractivity contribution in [3.05, 3.63) is 33.5 Å². The molecule has 7 heteroatoms. The van der Waals surface area contributed by atoms with E-state index in [1.54, 1.807) is 13.1 Å². The molecule has 0 atom stereocenters. The van der Waals surface area contributed by atoms with E-state index in [9.17, 15) is 4.39 Å². The average molecular weight is 318 g/mol. The maximum absolute atomic E-state index is 13.1. The van der Waals surface area contributed by atoms with Crippen LogP contribution < -0.4 is 10.1 Å². The van der Waals surface area contributed by atoms with E-state index in [1.807, 2.05) is 0 Å². The molecule has 0 fully saturated rings. The van der Waals surface area contributed by atoms with Crippen LogP contribution in [0.15, 0.2) is 22.7 Å². The normalized spacial score (nSPS) is 10.3. The molecule has 0 amide bonds. The second-order valence-corrected chi connectivity index (χ2v) is 5.12. The lowest BCUT2D eigenvalue weighted by atomic mass is 10.3. The van der Waals surface area contributed by atoms with Crippen molar-refractivity contribution < 1.29 is 9.13 Å². The predicted molar refractivity (Wildman–Crippen MR) is 67.9 cm³/mol. The predicted octanol–water partition coefficient (Wildman–Crippen LogP) is 3.06. The molecule has 1 aromatic heterocycles. The van der Waals surface area contributed by atoms with Gasteiger partial charge in [-0.3, -0.25) is 0 Å². The number of rotatable bonds is 4. The van der Waals surface area contributed by atoms with Crippen molar-refractivity contribution in [1.82, 2.24) is 10.2 Å². The van der Waals surface area contributed by atoms with E-state index in [2.05, 4.69) is 31.4 Å². The fourth-order valence-electron chi connectivity index (χ4n) is 1.17. The molecular formula is C10H9BrFN3OS. The molecule has 0 saturated heterocycles. The van der Waals surface area contributed by atoms with Crippen LogP contribution in [0.5, 0.6) is 5.75 Å². The molecule has 0 aliphatic carbocycles. The van der Waals surface area contributed by atoms with Gasteiger partial charge in [-0.15, -0.1) is 10.2 Å². The van der Waals surface area contributed by atoms with E-state index in [-0.39, 0.29) is 12.4 Å². The Bertz CT molecular complexity index is 500. The van der Waals surface area contributed by atoms with Gasteiger partial charge in [0, 0.05) is 17.6 Å². The molecule has 17 heavy (non-hydrogen) atoms. The summed E-state index contributed by atoms with van der Waals surface area (Å²) < 4.78 is 19.1. The van der Waals surface area contributed by atoms with Crippen molar-refractivity contribution in [2.75, 3.05) is 12.4 Å². The summed E-state index contributed by atoms with van der Waals surface area (Å²) in [5.41, 5.74) is 0. The molecule has 90 valence electrons. The zero-order valence-electron chi connectivity index (χ0n) is 8.91. The summed E-state index contributed by atoms with van der Waals surface area (Å²) in [6.45, 7) is 0.273. The van der Waals surface area contributed by atoms with E-state index in [0.29, 0.717) is 10.2 Å². The lowest BCUT2D eigenvalue weighted by Gasteiger charge is -2.04. The number of nitrogens with zero attached hydrogens (tertiary/aromatic N) is 2. The standard InChI is InChI=1S/C10H9BrFN3OS/c1-13-10-15-14-9(17-10)5-16-8-3-6(11)2-7(12)4-8/h2-4H,5H2,1H3,(H,13,15). The Hall–Kier alpha value is -1.21. The molecule has 0 saturated carbocycles. The van der Waals surface area contributed by atoms with Crippen LogP contribution in [0.25, 0.3) is 0 Å². The molecule has 0 aliphatic rings. The van der Waals surface area contributed by atoms with Gasteiger partial charge in [-0.2, -0.15) is 0 Å². The number of ether oxygens (including phenoxy) is 1. The van der Waals surface area contributed by atoms with Gasteiger partial charge in [0.2, 0.25) is 5.13 Å². The molecule has 4 nitrogen and oxygen atoms in total. The fraction of sp³-hybridized carbons (Fsp3) is 0.200. The number of halogens is 2. The van der Waals surface area contributed by atoms with Gasteiger partial charge in [0.1, 0.15) is 18.2 Å². The molecule has 1 N–H and O–H groups in total. The lowest BCUT2D eigenvalue weighted by Crippen LogP contribution is -1.95. The summed E-state index contributed by atoms with van der Waals surface area (Å²) >= 11 is 4.60. The highest BCUT2D eigenvalue weighted by molar-refractivity contribution is 9.10. The van der Waals surface area contributed by atoms with Crippen LogP contribution in [-0.4, -0.2) is 17.2 Å². The molecule has 2 rings (SSSR count). The number of aromatic nitrogens is 2. The fourth-order valence-corrected chi connectivity index (χ4v) is 2.22. The SMILES string of the molecule is CNc1nnc(COc2cc(F)cc(Br)c2)s1. The maximum Gasteiger partial charge on any atom is 0.205 e. The Labute approximate surface area is 110 Å². The van der Waals surface area contributed by atoms with Gasteiger partial charge in [0.15, 0.2) is 5.01 Å². The van der Waals surface area contributed by atoms with Gasteiger partial charge in [0.05, 0.1) is 0 Å². The van der Waals surface area contributed by atoms with E-state index in [0.717, 1.165) is 10.1 Å². The second-order valence-electron chi connectivity index (χ2n) is 3.14. The summed E-state index contributed by atoms with van der Waals surface area (Å²) in [7, 11) is 1.77. The first-order chi connectivity index (χ1) is 8.17. The Morgan fingerprint density at radius 2 is 2.24 bits per heavy atom. The zero-order chi connectivity index (χ0) is 12.3. The van der Waals surface area contributed by atoms with Crippen LogP contribution in [0.3, 0.4) is 0 Å². The second kappa shape index (κ2) is 5.42. The minimum absolute atomic E-state index is 0.273. The summed E-state index contributed by atoms with van der Waals surface area (Å²) in [5.74, 6) is 0.112. The lowest BCUT2D eigenvalue weighted by molar-refractivity contribution is 0.302. The Morgan fingerprint density at radius 1 is 1.41 bits per heavy atom. The monoisotopic (exact) mass is 317 g/mol. The highest BCUT2D eigenvalue weighted by atomic mass is 79.9. The van der Waals surface area contributed by atoms with Crippen LogP contribution in [0, 0.1) is 5.82 Å². The van der Waals surface area contributed by atoms with Gasteiger partial charge in [0.25, 0.3) is 0 Å². The molecule has 1 heterocycles. The van der Waals surface area contributed by atoms with Gasteiger partial charge >= 0.3 is 0 Å². The van der Waals surface area contributed by atoms with Crippen molar-refractivity contribution >= 4 is 32.4 Å². The highest BCUT2D eigenvalue weighted by Gasteiger charge is 2.05. The zero-order valence-corrected chi connectivity index (χ0v) is 11.3. The maximum atomic E-state index is 13.1. The Balaban J connectivity index is 2.01. The van der Waals surface area contributed by atoms with Gasteiger partial charge < -0.3 is 10.1 Å². The van der Waals surface area contributed by atoms with Crippen LogP contribution >= 0.6 is 27.3 Å². The summed E-state index contributed by atoms with van der Waals surface area (Å²) in [5, 5.41) is 12.1.